The van der Waals surface area contributed by atoms with E-state index in [-0.39, 0.29) is 5.91 Å². The van der Waals surface area contributed by atoms with Gasteiger partial charge in [-0.05, 0) is 12.2 Å². The van der Waals surface area contributed by atoms with Crippen molar-refractivity contribution in [1.82, 2.24) is 4.90 Å². The Balaban J connectivity index is 2.71. The first-order valence-electron chi connectivity index (χ1n) is 4.55. The fourth-order valence-corrected chi connectivity index (χ4v) is 3.46. The Morgan fingerprint density at radius 2 is 2.43 bits per heavy atom. The maximum Gasteiger partial charge on any atom is 0.238 e. The normalized spacial score (nSPS) is 22.1. The largest absolute Gasteiger partial charge is 0.293 e. The Labute approximate surface area is 99.2 Å². The third kappa shape index (κ3) is 2.64. The third-order valence-electron chi connectivity index (χ3n) is 2.21. The Hall–Kier alpha value is 0.260. The molecule has 0 aromatic rings. The van der Waals surface area contributed by atoms with E-state index in [1.807, 2.05) is 6.26 Å². The molecule has 0 spiro atoms. The molecule has 5 heteroatoms. The smallest absolute Gasteiger partial charge is 0.238 e. The molecule has 1 aliphatic heterocycles. The Kier molecular flexibility index (Phi) is 4.73. The van der Waals surface area contributed by atoms with E-state index in [1.54, 1.807) is 28.4 Å². The molecule has 1 heterocycles. The van der Waals surface area contributed by atoms with Crippen molar-refractivity contribution in [2.24, 2.45) is 5.92 Å². The van der Waals surface area contributed by atoms with Crippen LogP contribution in [0.5, 0.6) is 0 Å². The van der Waals surface area contributed by atoms with E-state index in [1.165, 1.54) is 0 Å². The molecule has 0 saturated carbocycles. The summed E-state index contributed by atoms with van der Waals surface area (Å²) in [6.07, 6.45) is 1.94. The lowest BCUT2D eigenvalue weighted by atomic mass is 10.1. The van der Waals surface area contributed by atoms with E-state index < -0.39 is 0 Å². The van der Waals surface area contributed by atoms with Gasteiger partial charge in [-0.1, -0.05) is 37.8 Å². The number of rotatable bonds is 3. The van der Waals surface area contributed by atoms with Crippen molar-refractivity contribution >= 4 is 46.0 Å². The molecule has 1 rings (SSSR count). The molecule has 0 bridgehead atoms. The molecule has 1 aliphatic rings. The van der Waals surface area contributed by atoms with Crippen molar-refractivity contribution in [3.63, 3.8) is 0 Å². The number of hydrogen-bond donors (Lipinski definition) is 0. The summed E-state index contributed by atoms with van der Waals surface area (Å²) in [6, 6.07) is 0.298. The van der Waals surface area contributed by atoms with Crippen molar-refractivity contribution in [2.75, 3.05) is 17.8 Å². The number of thioether (sulfide) groups is 2. The van der Waals surface area contributed by atoms with Gasteiger partial charge in [0, 0.05) is 11.8 Å². The molecule has 2 nitrogen and oxygen atoms in total. The van der Waals surface area contributed by atoms with Crippen LogP contribution in [-0.2, 0) is 4.79 Å². The molecule has 1 fully saturated rings. The van der Waals surface area contributed by atoms with Crippen molar-refractivity contribution in [3.05, 3.63) is 0 Å². The van der Waals surface area contributed by atoms with Crippen LogP contribution in [0.2, 0.25) is 0 Å². The van der Waals surface area contributed by atoms with Crippen molar-refractivity contribution < 1.29 is 4.79 Å². The number of carbonyl (C=O) groups excluding carboxylic acids is 1. The van der Waals surface area contributed by atoms with Gasteiger partial charge in [0.25, 0.3) is 0 Å². The second-order valence-electron chi connectivity index (χ2n) is 3.59. The number of nitrogens with zero attached hydrogens (tertiary/aromatic N) is 1. The van der Waals surface area contributed by atoms with Gasteiger partial charge in [-0.2, -0.15) is 11.8 Å². The zero-order valence-corrected chi connectivity index (χ0v) is 11.1. The third-order valence-corrected chi connectivity index (χ3v) is 4.25. The van der Waals surface area contributed by atoms with E-state index in [2.05, 4.69) is 13.8 Å². The minimum Gasteiger partial charge on any atom is -0.293 e. The SMILES string of the molecule is CSCC(=O)N1C(=S)SC[C@@H]1C(C)C. The van der Waals surface area contributed by atoms with Crippen LogP contribution in [0.25, 0.3) is 0 Å². The first-order chi connectivity index (χ1) is 6.57. The van der Waals surface area contributed by atoms with E-state index in [4.69, 9.17) is 12.2 Å². The molecule has 0 unspecified atom stereocenters. The monoisotopic (exact) mass is 249 g/mol. The van der Waals surface area contributed by atoms with E-state index in [0.29, 0.717) is 17.7 Å². The lowest BCUT2D eigenvalue weighted by Gasteiger charge is -2.26. The molecule has 0 aromatic carbocycles. The maximum absolute atomic E-state index is 11.8. The Morgan fingerprint density at radius 3 is 2.93 bits per heavy atom. The molecule has 0 N–H and O–H groups in total. The minimum atomic E-state index is 0.159. The number of carbonyl (C=O) groups is 1. The van der Waals surface area contributed by atoms with Crippen molar-refractivity contribution in [2.45, 2.75) is 19.9 Å². The van der Waals surface area contributed by atoms with E-state index >= 15 is 0 Å². The molecule has 0 aliphatic carbocycles. The average Bonchev–Trinajstić information content (AvgIpc) is 2.47. The molecule has 0 aromatic heterocycles. The van der Waals surface area contributed by atoms with Crippen LogP contribution in [0.15, 0.2) is 0 Å². The zero-order valence-electron chi connectivity index (χ0n) is 8.65. The fraction of sp³-hybridized carbons (Fsp3) is 0.778. The topological polar surface area (TPSA) is 20.3 Å². The highest BCUT2D eigenvalue weighted by Crippen LogP contribution is 2.29. The Bertz CT molecular complexity index is 242. The van der Waals surface area contributed by atoms with Gasteiger partial charge in [-0.3, -0.25) is 9.69 Å². The van der Waals surface area contributed by atoms with Crippen molar-refractivity contribution in [3.8, 4) is 0 Å². The predicted molar refractivity (Wildman–Crippen MR) is 68.9 cm³/mol. The van der Waals surface area contributed by atoms with Gasteiger partial charge >= 0.3 is 0 Å². The van der Waals surface area contributed by atoms with Gasteiger partial charge in [0.15, 0.2) is 0 Å². The summed E-state index contributed by atoms with van der Waals surface area (Å²) < 4.78 is 0.753. The quantitative estimate of drug-likeness (QED) is 0.715. The molecular weight excluding hydrogens is 234 g/mol. The molecule has 1 saturated heterocycles. The molecule has 1 atom stereocenters. The van der Waals surface area contributed by atoms with Gasteiger partial charge in [-0.15, -0.1) is 0 Å². The van der Waals surface area contributed by atoms with Crippen molar-refractivity contribution in [1.29, 1.82) is 0 Å². The fourth-order valence-electron chi connectivity index (χ4n) is 1.41. The van der Waals surface area contributed by atoms with Crippen LogP contribution in [0.1, 0.15) is 13.8 Å². The molecule has 14 heavy (non-hydrogen) atoms. The van der Waals surface area contributed by atoms with Crippen LogP contribution in [0.4, 0.5) is 0 Å². The minimum absolute atomic E-state index is 0.159. The van der Waals surface area contributed by atoms with Gasteiger partial charge in [-0.25, -0.2) is 0 Å². The summed E-state index contributed by atoms with van der Waals surface area (Å²) >= 11 is 8.36. The highest BCUT2D eigenvalue weighted by molar-refractivity contribution is 8.23. The van der Waals surface area contributed by atoms with Crippen LogP contribution in [-0.4, -0.2) is 38.9 Å². The second kappa shape index (κ2) is 5.37. The number of amides is 1. The van der Waals surface area contributed by atoms with E-state index in [9.17, 15) is 4.79 Å². The number of thiocarbonyl (C=S) groups is 1. The lowest BCUT2D eigenvalue weighted by molar-refractivity contribution is -0.126. The van der Waals surface area contributed by atoms with Gasteiger partial charge < -0.3 is 0 Å². The summed E-state index contributed by atoms with van der Waals surface area (Å²) in [5.41, 5.74) is 0. The van der Waals surface area contributed by atoms with Crippen LogP contribution < -0.4 is 0 Å². The first-order valence-corrected chi connectivity index (χ1v) is 7.34. The zero-order chi connectivity index (χ0) is 10.7. The molecule has 0 radical (unpaired) electrons. The van der Waals surface area contributed by atoms with Crippen LogP contribution >= 0.6 is 35.7 Å². The van der Waals surface area contributed by atoms with Gasteiger partial charge in [0.2, 0.25) is 5.91 Å². The first kappa shape index (κ1) is 12.3. The highest BCUT2D eigenvalue weighted by Gasteiger charge is 2.35. The summed E-state index contributed by atoms with van der Waals surface area (Å²) in [4.78, 5) is 13.6. The lowest BCUT2D eigenvalue weighted by Crippen LogP contribution is -2.42. The molecule has 80 valence electrons. The summed E-state index contributed by atoms with van der Waals surface area (Å²) in [7, 11) is 0. The summed E-state index contributed by atoms with van der Waals surface area (Å²) in [5, 5.41) is 0. The van der Waals surface area contributed by atoms with Crippen LogP contribution in [0.3, 0.4) is 0 Å². The highest BCUT2D eigenvalue weighted by atomic mass is 32.2. The molecule has 1 amide bonds. The van der Waals surface area contributed by atoms with E-state index in [0.717, 1.165) is 10.1 Å². The average molecular weight is 249 g/mol. The summed E-state index contributed by atoms with van der Waals surface area (Å²) in [6.45, 7) is 4.27. The predicted octanol–water partition coefficient (Wildman–Crippen LogP) is 2.23. The number of hydrogen-bond acceptors (Lipinski definition) is 4. The van der Waals surface area contributed by atoms with Gasteiger partial charge in [0.05, 0.1) is 5.75 Å². The van der Waals surface area contributed by atoms with Gasteiger partial charge in [0.1, 0.15) is 4.32 Å². The summed E-state index contributed by atoms with van der Waals surface area (Å²) in [5.74, 6) is 2.13. The Morgan fingerprint density at radius 1 is 1.79 bits per heavy atom. The maximum atomic E-state index is 11.8. The molecular formula is C9H15NOS3. The standard InChI is InChI=1S/C9H15NOS3/c1-6(2)7-4-14-9(12)10(7)8(11)5-13-3/h6-7H,4-5H2,1-3H3/t7-/m1/s1. The van der Waals surface area contributed by atoms with Crippen LogP contribution in [0, 0.1) is 5.92 Å². The second-order valence-corrected chi connectivity index (χ2v) is 6.10.